The Bertz CT molecular complexity index is 444. The van der Waals surface area contributed by atoms with Crippen molar-refractivity contribution < 1.29 is 13.3 Å². The molecule has 0 unspecified atom stereocenters. The Morgan fingerprint density at radius 2 is 1.00 bits per heavy atom. The molecular weight excluding hydrogens is 323 g/mol. The summed E-state index contributed by atoms with van der Waals surface area (Å²) in [5.74, 6) is 0. The fraction of sp³-hybridized carbons (Fsp3) is 0.333. The molecule has 0 aliphatic carbocycles. The summed E-state index contributed by atoms with van der Waals surface area (Å²) in [6, 6.07) is 21.2. The van der Waals surface area contributed by atoms with Crippen LogP contribution in [0.1, 0.15) is 20.8 Å². The van der Waals surface area contributed by atoms with Crippen molar-refractivity contribution in [3.63, 3.8) is 0 Å². The van der Waals surface area contributed by atoms with E-state index < -0.39 is 9.53 Å². The molecule has 0 bridgehead atoms. The summed E-state index contributed by atoms with van der Waals surface area (Å²) >= 11 is 0. The molecule has 0 aromatic heterocycles. The van der Waals surface area contributed by atoms with Crippen LogP contribution in [0.25, 0.3) is 0 Å². The van der Waals surface area contributed by atoms with E-state index in [-0.39, 0.29) is 0 Å². The average molecular weight is 349 g/mol. The van der Waals surface area contributed by atoms with Crippen molar-refractivity contribution in [1.29, 1.82) is 0 Å². The number of hydrogen-bond donors (Lipinski definition) is 0. The van der Waals surface area contributed by atoms with Crippen molar-refractivity contribution >= 4 is 28.7 Å². The summed E-state index contributed by atoms with van der Waals surface area (Å²) < 4.78 is 15.5. The predicted molar refractivity (Wildman–Crippen MR) is 101 cm³/mol. The van der Waals surface area contributed by atoms with Gasteiger partial charge in [0.25, 0.3) is 0 Å². The Morgan fingerprint density at radius 1 is 0.652 bits per heavy atom. The van der Waals surface area contributed by atoms with Crippen molar-refractivity contribution in [3.8, 4) is 0 Å². The summed E-state index contributed by atoms with van der Waals surface area (Å²) in [5, 5.41) is 2.79. The van der Waals surface area contributed by atoms with Crippen LogP contribution in [0.5, 0.6) is 0 Å². The first-order valence-electron chi connectivity index (χ1n) is 7.92. The van der Waals surface area contributed by atoms with Crippen LogP contribution in [0.15, 0.2) is 60.7 Å². The smallest absolute Gasteiger partial charge is 0.371 e. The Labute approximate surface area is 143 Å². The molecule has 0 aliphatic heterocycles. The minimum atomic E-state index is -1.40. The Balaban J connectivity index is 0.000000241. The molecule has 0 amide bonds. The monoisotopic (exact) mass is 349 g/mol. The van der Waals surface area contributed by atoms with Gasteiger partial charge in [0.15, 0.2) is 0 Å². The molecule has 2 aromatic rings. The van der Waals surface area contributed by atoms with Crippen LogP contribution in [0, 0.1) is 0 Å². The summed E-state index contributed by atoms with van der Waals surface area (Å²) in [6.45, 7) is 7.78. The minimum Gasteiger partial charge on any atom is -0.371 e. The van der Waals surface area contributed by atoms with Gasteiger partial charge in [0.1, 0.15) is 0 Å². The van der Waals surface area contributed by atoms with Gasteiger partial charge in [-0.15, -0.1) is 0 Å². The van der Waals surface area contributed by atoms with Crippen LogP contribution in [0.3, 0.4) is 0 Å². The summed E-state index contributed by atoms with van der Waals surface area (Å²) in [6.07, 6.45) is 0. The second kappa shape index (κ2) is 13.4. The van der Waals surface area contributed by atoms with Gasteiger partial charge >= 0.3 is 9.53 Å². The molecule has 0 spiro atoms. The Kier molecular flexibility index (Phi) is 11.7. The normalized spacial score (nSPS) is 10.3. The van der Waals surface area contributed by atoms with Gasteiger partial charge in [-0.3, -0.25) is 0 Å². The van der Waals surface area contributed by atoms with Crippen LogP contribution >= 0.6 is 8.58 Å². The Morgan fingerprint density at radius 3 is 1.30 bits per heavy atom. The van der Waals surface area contributed by atoms with Crippen molar-refractivity contribution in [3.05, 3.63) is 60.7 Å². The summed E-state index contributed by atoms with van der Waals surface area (Å²) in [5.41, 5.74) is 0. The highest BCUT2D eigenvalue weighted by molar-refractivity contribution is 7.55. The highest BCUT2D eigenvalue weighted by atomic mass is 31.1. The molecule has 125 valence electrons. The molecule has 2 rings (SSSR count). The lowest BCUT2D eigenvalue weighted by molar-refractivity contribution is 0.107. The Hall–Kier alpha value is -1.03. The largest absolute Gasteiger partial charge is 0.577 e. The molecule has 0 fully saturated rings. The first-order valence-corrected chi connectivity index (χ1v) is 10.1. The van der Waals surface area contributed by atoms with Crippen LogP contribution in [0.4, 0.5) is 0 Å². The van der Waals surface area contributed by atoms with Gasteiger partial charge in [0, 0.05) is 19.8 Å². The van der Waals surface area contributed by atoms with E-state index >= 15 is 0 Å². The molecule has 5 heteroatoms. The zero-order valence-electron chi connectivity index (χ0n) is 14.1. The molecule has 1 radical (unpaired) electrons. The molecule has 2 aromatic carbocycles. The predicted octanol–water partition coefficient (Wildman–Crippen LogP) is 3.40. The highest BCUT2D eigenvalue weighted by Crippen LogP contribution is 2.08. The van der Waals surface area contributed by atoms with Gasteiger partial charge in [-0.25, -0.2) is 0 Å². The highest BCUT2D eigenvalue weighted by Gasteiger charge is 2.15. The molecular formula is C18H26O3PSi. The summed E-state index contributed by atoms with van der Waals surface area (Å²) in [7, 11) is -0.621. The van der Waals surface area contributed by atoms with Crippen LogP contribution in [0.2, 0.25) is 0 Å². The number of rotatable bonds is 8. The molecule has 0 saturated heterocycles. The van der Waals surface area contributed by atoms with Gasteiger partial charge in [-0.1, -0.05) is 69.2 Å². The standard InChI is InChI=1S/C12H11P.C6H15O3Si/c1-3-7-11(8-4-1)13-12-9-5-2-6-10-12;1-4-7-10(8-5-2)9-6-3/h1-10,13H;4-6H2,1-3H3. The second-order valence-corrected chi connectivity index (χ2v) is 7.18. The topological polar surface area (TPSA) is 27.7 Å². The summed E-state index contributed by atoms with van der Waals surface area (Å²) in [4.78, 5) is 0. The molecule has 0 atom stereocenters. The quantitative estimate of drug-likeness (QED) is 0.540. The third-order valence-electron chi connectivity index (χ3n) is 2.62. The molecule has 0 aliphatic rings. The zero-order valence-corrected chi connectivity index (χ0v) is 16.1. The van der Waals surface area contributed by atoms with Gasteiger partial charge in [0.05, 0.1) is 0 Å². The van der Waals surface area contributed by atoms with Crippen molar-refractivity contribution in [2.75, 3.05) is 19.8 Å². The van der Waals surface area contributed by atoms with E-state index in [1.807, 2.05) is 20.8 Å². The van der Waals surface area contributed by atoms with Crippen molar-refractivity contribution in [1.82, 2.24) is 0 Å². The zero-order chi connectivity index (χ0) is 16.8. The number of benzene rings is 2. The second-order valence-electron chi connectivity index (χ2n) is 4.41. The molecule has 0 saturated carbocycles. The maximum atomic E-state index is 5.18. The van der Waals surface area contributed by atoms with Crippen LogP contribution in [-0.4, -0.2) is 29.3 Å². The van der Waals surface area contributed by atoms with E-state index in [9.17, 15) is 0 Å². The fourth-order valence-electron chi connectivity index (χ4n) is 1.69. The van der Waals surface area contributed by atoms with E-state index in [0.29, 0.717) is 19.8 Å². The van der Waals surface area contributed by atoms with Crippen LogP contribution < -0.4 is 10.6 Å². The van der Waals surface area contributed by atoms with Crippen molar-refractivity contribution in [2.24, 2.45) is 0 Å². The van der Waals surface area contributed by atoms with Gasteiger partial charge < -0.3 is 13.3 Å². The van der Waals surface area contributed by atoms with Crippen LogP contribution in [-0.2, 0) is 13.3 Å². The van der Waals surface area contributed by atoms with E-state index in [0.717, 1.165) is 8.58 Å². The first kappa shape index (κ1) is 20.0. The van der Waals surface area contributed by atoms with E-state index in [4.69, 9.17) is 13.3 Å². The maximum absolute atomic E-state index is 5.18. The molecule has 23 heavy (non-hydrogen) atoms. The first-order chi connectivity index (χ1) is 11.3. The van der Waals surface area contributed by atoms with Gasteiger partial charge in [0.2, 0.25) is 0 Å². The van der Waals surface area contributed by atoms with E-state index in [2.05, 4.69) is 60.7 Å². The van der Waals surface area contributed by atoms with E-state index in [1.165, 1.54) is 10.6 Å². The lowest BCUT2D eigenvalue weighted by Gasteiger charge is -2.10. The van der Waals surface area contributed by atoms with E-state index in [1.54, 1.807) is 0 Å². The van der Waals surface area contributed by atoms with Crippen molar-refractivity contribution in [2.45, 2.75) is 20.8 Å². The molecule has 0 heterocycles. The minimum absolute atomic E-state index is 0.661. The lowest BCUT2D eigenvalue weighted by atomic mass is 10.4. The van der Waals surface area contributed by atoms with Gasteiger partial charge in [-0.05, 0) is 31.4 Å². The fourth-order valence-corrected chi connectivity index (χ4v) is 3.70. The molecule has 0 N–H and O–H groups in total. The lowest BCUT2D eigenvalue weighted by Crippen LogP contribution is -2.27. The maximum Gasteiger partial charge on any atom is 0.577 e. The third-order valence-corrected chi connectivity index (χ3v) is 5.44. The third kappa shape index (κ3) is 9.64. The average Bonchev–Trinajstić information content (AvgIpc) is 2.58. The number of hydrogen-bond acceptors (Lipinski definition) is 3. The SMILES string of the molecule is CCO[Si](OCC)OCC.c1ccc(Pc2ccccc2)cc1. The van der Waals surface area contributed by atoms with Gasteiger partial charge in [-0.2, -0.15) is 0 Å². The molecule has 3 nitrogen and oxygen atoms in total.